The van der Waals surface area contributed by atoms with Gasteiger partial charge in [0.15, 0.2) is 0 Å². The van der Waals surface area contributed by atoms with E-state index < -0.39 is 0 Å². The first kappa shape index (κ1) is 12.8. The highest BCUT2D eigenvalue weighted by atomic mass is 19.1. The van der Waals surface area contributed by atoms with Crippen molar-refractivity contribution in [3.8, 4) is 0 Å². The Bertz CT molecular complexity index is 560. The van der Waals surface area contributed by atoms with Crippen molar-refractivity contribution in [1.82, 2.24) is 9.78 Å². The average molecular weight is 247 g/mol. The molecule has 0 spiro atoms. The fourth-order valence-corrected chi connectivity index (χ4v) is 2.20. The zero-order valence-corrected chi connectivity index (χ0v) is 10.9. The van der Waals surface area contributed by atoms with Crippen molar-refractivity contribution >= 4 is 0 Å². The lowest BCUT2D eigenvalue weighted by atomic mass is 9.95. The Morgan fingerprint density at radius 1 is 1.39 bits per heavy atom. The molecule has 0 saturated carbocycles. The van der Waals surface area contributed by atoms with Gasteiger partial charge in [0.1, 0.15) is 5.82 Å². The monoisotopic (exact) mass is 247 g/mol. The molecule has 0 saturated heterocycles. The van der Waals surface area contributed by atoms with E-state index in [-0.39, 0.29) is 11.9 Å². The minimum absolute atomic E-state index is 0.256. The predicted molar refractivity (Wildman–Crippen MR) is 69.8 cm³/mol. The van der Waals surface area contributed by atoms with E-state index in [1.54, 1.807) is 10.7 Å². The fraction of sp³-hybridized carbons (Fsp3) is 0.357. The van der Waals surface area contributed by atoms with Crippen LogP contribution in [0.25, 0.3) is 0 Å². The summed E-state index contributed by atoms with van der Waals surface area (Å²) in [7, 11) is 1.87. The third kappa shape index (κ3) is 2.29. The molecule has 3 nitrogen and oxygen atoms in total. The van der Waals surface area contributed by atoms with Crippen molar-refractivity contribution in [2.75, 3.05) is 0 Å². The number of hydrogen-bond acceptors (Lipinski definition) is 2. The Labute approximate surface area is 106 Å². The molecular weight excluding hydrogens is 229 g/mol. The third-order valence-electron chi connectivity index (χ3n) is 3.18. The van der Waals surface area contributed by atoms with Gasteiger partial charge >= 0.3 is 0 Å². The largest absolute Gasteiger partial charge is 0.320 e. The van der Waals surface area contributed by atoms with Gasteiger partial charge in [-0.3, -0.25) is 4.68 Å². The smallest absolute Gasteiger partial charge is 0.123 e. The highest BCUT2D eigenvalue weighted by molar-refractivity contribution is 5.37. The number of nitrogens with zero attached hydrogens (tertiary/aromatic N) is 2. The number of benzene rings is 1. The van der Waals surface area contributed by atoms with Crippen molar-refractivity contribution in [3.05, 3.63) is 52.6 Å². The lowest BCUT2D eigenvalue weighted by Gasteiger charge is -2.14. The van der Waals surface area contributed by atoms with Gasteiger partial charge in [-0.2, -0.15) is 5.10 Å². The van der Waals surface area contributed by atoms with E-state index in [0.29, 0.717) is 0 Å². The van der Waals surface area contributed by atoms with E-state index in [1.165, 1.54) is 12.1 Å². The van der Waals surface area contributed by atoms with Crippen molar-refractivity contribution in [2.45, 2.75) is 26.3 Å². The minimum atomic E-state index is -0.329. The first-order valence-electron chi connectivity index (χ1n) is 6.07. The molecule has 2 rings (SSSR count). The Kier molecular flexibility index (Phi) is 3.48. The summed E-state index contributed by atoms with van der Waals surface area (Å²) >= 11 is 0. The zero-order valence-electron chi connectivity index (χ0n) is 10.9. The van der Waals surface area contributed by atoms with Gasteiger partial charge in [-0.1, -0.05) is 13.0 Å². The van der Waals surface area contributed by atoms with Crippen molar-refractivity contribution in [1.29, 1.82) is 0 Å². The Hall–Kier alpha value is -1.68. The first-order valence-corrected chi connectivity index (χ1v) is 6.07. The molecule has 0 radical (unpaired) electrons. The number of aryl methyl sites for hydroxylation is 3. The quantitative estimate of drug-likeness (QED) is 0.905. The first-order chi connectivity index (χ1) is 8.52. The molecule has 0 aliphatic rings. The van der Waals surface area contributed by atoms with Crippen LogP contribution in [-0.4, -0.2) is 9.78 Å². The van der Waals surface area contributed by atoms with Crippen molar-refractivity contribution < 1.29 is 4.39 Å². The molecule has 2 aromatic rings. The summed E-state index contributed by atoms with van der Waals surface area (Å²) in [6.07, 6.45) is 2.73. The molecule has 0 fully saturated rings. The van der Waals surface area contributed by atoms with Crippen LogP contribution in [0, 0.1) is 12.7 Å². The second kappa shape index (κ2) is 4.90. The number of aromatic nitrogens is 2. The topological polar surface area (TPSA) is 43.8 Å². The number of nitrogens with two attached hydrogens (primary N) is 1. The number of rotatable bonds is 3. The molecule has 1 atom stereocenters. The normalized spacial score (nSPS) is 12.7. The number of halogens is 1. The molecule has 2 N–H and O–H groups in total. The van der Waals surface area contributed by atoms with E-state index in [0.717, 1.165) is 28.8 Å². The second-order valence-corrected chi connectivity index (χ2v) is 4.54. The fourth-order valence-electron chi connectivity index (χ4n) is 2.20. The lowest BCUT2D eigenvalue weighted by molar-refractivity contribution is 0.622. The Morgan fingerprint density at radius 3 is 2.78 bits per heavy atom. The summed E-state index contributed by atoms with van der Waals surface area (Å²) in [6.45, 7) is 3.98. The maximum atomic E-state index is 13.3. The summed E-state index contributed by atoms with van der Waals surface area (Å²) in [5.74, 6) is -0.256. The zero-order chi connectivity index (χ0) is 13.3. The predicted octanol–water partition coefficient (Wildman–Crippen LogP) is 2.48. The van der Waals surface area contributed by atoms with Gasteiger partial charge in [0, 0.05) is 18.8 Å². The molecule has 1 heterocycles. The third-order valence-corrected chi connectivity index (χ3v) is 3.18. The number of hydrogen-bond donors (Lipinski definition) is 1. The molecule has 0 aliphatic carbocycles. The molecule has 4 heteroatoms. The molecule has 18 heavy (non-hydrogen) atoms. The average Bonchev–Trinajstić information content (AvgIpc) is 2.72. The minimum Gasteiger partial charge on any atom is -0.320 e. The molecule has 1 aromatic carbocycles. The molecule has 1 aromatic heterocycles. The van der Waals surface area contributed by atoms with E-state index in [1.807, 2.05) is 27.1 Å². The van der Waals surface area contributed by atoms with Crippen LogP contribution in [0.15, 0.2) is 24.4 Å². The van der Waals surface area contributed by atoms with Crippen molar-refractivity contribution in [3.63, 3.8) is 0 Å². The summed E-state index contributed by atoms with van der Waals surface area (Å²) in [4.78, 5) is 0. The van der Waals surface area contributed by atoms with Gasteiger partial charge in [-0.15, -0.1) is 0 Å². The lowest BCUT2D eigenvalue weighted by Crippen LogP contribution is -2.14. The highest BCUT2D eigenvalue weighted by Crippen LogP contribution is 2.25. The van der Waals surface area contributed by atoms with Gasteiger partial charge in [0.2, 0.25) is 0 Å². The summed E-state index contributed by atoms with van der Waals surface area (Å²) in [5, 5.41) is 4.37. The van der Waals surface area contributed by atoms with Gasteiger partial charge < -0.3 is 5.73 Å². The van der Waals surface area contributed by atoms with Crippen LogP contribution in [-0.2, 0) is 13.5 Å². The maximum absolute atomic E-state index is 13.3. The molecule has 96 valence electrons. The van der Waals surface area contributed by atoms with E-state index in [9.17, 15) is 4.39 Å². The van der Waals surface area contributed by atoms with E-state index >= 15 is 0 Å². The molecule has 0 aliphatic heterocycles. The summed E-state index contributed by atoms with van der Waals surface area (Å²) in [5.41, 5.74) is 10.0. The van der Waals surface area contributed by atoms with E-state index in [4.69, 9.17) is 5.73 Å². The van der Waals surface area contributed by atoms with E-state index in [2.05, 4.69) is 5.10 Å². The highest BCUT2D eigenvalue weighted by Gasteiger charge is 2.17. The van der Waals surface area contributed by atoms with Crippen LogP contribution in [0.1, 0.15) is 35.3 Å². The summed E-state index contributed by atoms with van der Waals surface area (Å²) in [6, 6.07) is 4.39. The van der Waals surface area contributed by atoms with Gasteiger partial charge in [0.05, 0.1) is 11.7 Å². The Morgan fingerprint density at radius 2 is 2.11 bits per heavy atom. The molecule has 1 unspecified atom stereocenters. The standard InChI is InChI=1S/C14H18FN3/c1-4-13-12(8-18(3)17-13)14(16)11-7-10(15)6-5-9(11)2/h5-8,14H,4,16H2,1-3H3. The van der Waals surface area contributed by atoms with Crippen LogP contribution in [0.2, 0.25) is 0 Å². The van der Waals surface area contributed by atoms with Crippen LogP contribution in [0.5, 0.6) is 0 Å². The van der Waals surface area contributed by atoms with Crippen LogP contribution < -0.4 is 5.73 Å². The molecule has 0 bridgehead atoms. The van der Waals surface area contributed by atoms with Gasteiger partial charge in [-0.25, -0.2) is 4.39 Å². The van der Waals surface area contributed by atoms with Crippen molar-refractivity contribution in [2.24, 2.45) is 12.8 Å². The second-order valence-electron chi connectivity index (χ2n) is 4.54. The molecular formula is C14H18FN3. The molecule has 0 amide bonds. The van der Waals surface area contributed by atoms with Gasteiger partial charge in [-0.05, 0) is 36.6 Å². The van der Waals surface area contributed by atoms with Gasteiger partial charge in [0.25, 0.3) is 0 Å². The van der Waals surface area contributed by atoms with Crippen LogP contribution in [0.4, 0.5) is 4.39 Å². The summed E-state index contributed by atoms with van der Waals surface area (Å²) < 4.78 is 15.1. The SMILES string of the molecule is CCc1nn(C)cc1C(N)c1cc(F)ccc1C. The Balaban J connectivity index is 2.46. The maximum Gasteiger partial charge on any atom is 0.123 e. The van der Waals surface area contributed by atoms with Crippen LogP contribution in [0.3, 0.4) is 0 Å². The van der Waals surface area contributed by atoms with Crippen LogP contribution >= 0.6 is 0 Å².